The quantitative estimate of drug-likeness (QED) is 0.277. The van der Waals surface area contributed by atoms with Gasteiger partial charge in [0.25, 0.3) is 0 Å². The summed E-state index contributed by atoms with van der Waals surface area (Å²) in [6.07, 6.45) is -9.87. The van der Waals surface area contributed by atoms with E-state index >= 15 is 0 Å². The highest BCUT2D eigenvalue weighted by atomic mass is 35.5. The topological polar surface area (TPSA) is 149 Å². The summed E-state index contributed by atoms with van der Waals surface area (Å²) in [5.74, 6) is -2.29. The van der Waals surface area contributed by atoms with E-state index in [2.05, 4.69) is 0 Å². The molecule has 0 bridgehead atoms. The highest BCUT2D eigenvalue weighted by molar-refractivity contribution is 6.21. The Bertz CT molecular complexity index is 401. The van der Waals surface area contributed by atoms with Crippen LogP contribution < -0.4 is 0 Å². The van der Waals surface area contributed by atoms with Crippen LogP contribution in [-0.4, -0.2) is 104 Å². The van der Waals surface area contributed by atoms with Gasteiger partial charge in [-0.1, -0.05) is 0 Å². The molecule has 2 aliphatic heterocycles. The van der Waals surface area contributed by atoms with E-state index in [1.54, 1.807) is 0 Å². The van der Waals surface area contributed by atoms with Crippen LogP contribution in [0.3, 0.4) is 0 Å². The molecule has 0 radical (unpaired) electrons. The van der Waals surface area contributed by atoms with Crippen LogP contribution in [0.1, 0.15) is 0 Å². The number of aliphatic hydroxyl groups excluding tert-OH is 6. The molecule has 0 spiro atoms. The number of aliphatic hydroxyl groups is 6. The molecule has 0 aromatic rings. The van der Waals surface area contributed by atoms with Crippen LogP contribution in [0.5, 0.6) is 0 Å². The lowest BCUT2D eigenvalue weighted by Crippen LogP contribution is -2.61. The molecule has 9 nitrogen and oxygen atoms in total. The predicted octanol–water partition coefficient (Wildman–Crippen LogP) is -2.90. The number of alkyl halides is 2. The van der Waals surface area contributed by atoms with Gasteiger partial charge in [0.1, 0.15) is 43.2 Å². The van der Waals surface area contributed by atoms with E-state index in [1.807, 2.05) is 0 Å². The first kappa shape index (κ1) is 19.5. The number of hydrogen-bond donors (Lipinski definition) is 6. The van der Waals surface area contributed by atoms with Crippen LogP contribution in [0.2, 0.25) is 0 Å². The first-order chi connectivity index (χ1) is 10.8. The second-order valence-electron chi connectivity index (χ2n) is 5.48. The van der Waals surface area contributed by atoms with Crippen molar-refractivity contribution in [1.82, 2.24) is 0 Å². The Morgan fingerprint density at radius 3 is 2.13 bits per heavy atom. The third-order valence-electron chi connectivity index (χ3n) is 3.99. The van der Waals surface area contributed by atoms with E-state index in [1.165, 1.54) is 0 Å². The second kappa shape index (κ2) is 7.63. The van der Waals surface area contributed by atoms with Crippen molar-refractivity contribution in [3.63, 3.8) is 0 Å². The van der Waals surface area contributed by atoms with Gasteiger partial charge in [-0.3, -0.25) is 0 Å². The SMILES string of the molecule is OCC1O[C@@H](O[C@]2(CO)O[C@H](CCl)[C@H](O)C2O)[C@@H](O)C(O)[C@H]1Cl. The van der Waals surface area contributed by atoms with E-state index in [-0.39, 0.29) is 5.88 Å². The molecule has 23 heavy (non-hydrogen) atoms. The maximum absolute atomic E-state index is 10.1. The van der Waals surface area contributed by atoms with E-state index in [0.717, 1.165) is 0 Å². The average Bonchev–Trinajstić information content (AvgIpc) is 2.80. The predicted molar refractivity (Wildman–Crippen MR) is 75.9 cm³/mol. The van der Waals surface area contributed by atoms with E-state index in [0.29, 0.717) is 0 Å². The van der Waals surface area contributed by atoms with Gasteiger partial charge in [-0.15, -0.1) is 23.2 Å². The molecule has 0 aliphatic carbocycles. The Kier molecular flexibility index (Phi) is 6.48. The fourth-order valence-electron chi connectivity index (χ4n) is 2.58. The molecule has 6 N–H and O–H groups in total. The summed E-state index contributed by atoms with van der Waals surface area (Å²) in [7, 11) is 0. The summed E-state index contributed by atoms with van der Waals surface area (Å²) in [5.41, 5.74) is 0. The van der Waals surface area contributed by atoms with Crippen LogP contribution >= 0.6 is 23.2 Å². The van der Waals surface area contributed by atoms with Crippen LogP contribution in [0.4, 0.5) is 0 Å². The molecule has 0 amide bonds. The van der Waals surface area contributed by atoms with Gasteiger partial charge >= 0.3 is 0 Å². The Balaban J connectivity index is 2.18. The molecule has 136 valence electrons. The zero-order valence-corrected chi connectivity index (χ0v) is 13.4. The van der Waals surface area contributed by atoms with Crippen LogP contribution in [0.15, 0.2) is 0 Å². The minimum absolute atomic E-state index is 0.178. The van der Waals surface area contributed by atoms with Crippen molar-refractivity contribution >= 4 is 23.2 Å². The van der Waals surface area contributed by atoms with Crippen molar-refractivity contribution in [2.24, 2.45) is 0 Å². The number of hydrogen-bond acceptors (Lipinski definition) is 9. The highest BCUT2D eigenvalue weighted by Crippen LogP contribution is 2.36. The third-order valence-corrected chi connectivity index (χ3v) is 4.84. The van der Waals surface area contributed by atoms with Gasteiger partial charge in [-0.05, 0) is 0 Å². The number of halogens is 2. The van der Waals surface area contributed by atoms with Gasteiger partial charge in [-0.25, -0.2) is 0 Å². The van der Waals surface area contributed by atoms with Crippen molar-refractivity contribution in [2.45, 2.75) is 54.1 Å². The lowest BCUT2D eigenvalue weighted by molar-refractivity contribution is -0.371. The van der Waals surface area contributed by atoms with Crippen molar-refractivity contribution in [3.8, 4) is 0 Å². The van der Waals surface area contributed by atoms with Crippen LogP contribution in [0.25, 0.3) is 0 Å². The Hall–Kier alpha value is 0.220. The second-order valence-corrected chi connectivity index (χ2v) is 6.30. The first-order valence-electron chi connectivity index (χ1n) is 6.96. The summed E-state index contributed by atoms with van der Waals surface area (Å²) in [6, 6.07) is 0. The maximum atomic E-state index is 10.1. The van der Waals surface area contributed by atoms with Gasteiger partial charge in [0.15, 0.2) is 6.29 Å². The molecular formula is C12H20Cl2O9. The summed E-state index contributed by atoms with van der Waals surface area (Å²) in [5, 5.41) is 57.4. The first-order valence-corrected chi connectivity index (χ1v) is 7.93. The molecule has 2 rings (SSSR count). The summed E-state index contributed by atoms with van der Waals surface area (Å²) in [6.45, 7) is -1.43. The smallest absolute Gasteiger partial charge is 0.224 e. The fourth-order valence-corrected chi connectivity index (χ4v) is 3.12. The lowest BCUT2D eigenvalue weighted by Gasteiger charge is -2.43. The van der Waals surface area contributed by atoms with Crippen molar-refractivity contribution in [3.05, 3.63) is 0 Å². The third kappa shape index (κ3) is 3.46. The molecule has 2 aliphatic rings. The van der Waals surface area contributed by atoms with Crippen LogP contribution in [-0.2, 0) is 14.2 Å². The van der Waals surface area contributed by atoms with Gasteiger partial charge in [0.05, 0.1) is 17.9 Å². The Morgan fingerprint density at radius 1 is 1.00 bits per heavy atom. The monoisotopic (exact) mass is 378 g/mol. The largest absolute Gasteiger partial charge is 0.394 e. The molecule has 2 heterocycles. The van der Waals surface area contributed by atoms with Crippen molar-refractivity contribution < 1.29 is 44.8 Å². The standard InChI is InChI=1S/C12H20Cl2O9/c13-1-4-7(17)10(20)12(3-16,22-4)23-11-9(19)8(18)6(14)5(2-15)21-11/h4-11,15-20H,1-3H2/t4-,5?,6+,7+,8?,9+,10?,11+,12+/m1/s1. The van der Waals surface area contributed by atoms with Crippen molar-refractivity contribution in [1.29, 1.82) is 0 Å². The summed E-state index contributed by atoms with van der Waals surface area (Å²) < 4.78 is 15.8. The summed E-state index contributed by atoms with van der Waals surface area (Å²) in [4.78, 5) is 0. The van der Waals surface area contributed by atoms with Crippen LogP contribution in [0, 0.1) is 0 Å². The fraction of sp³-hybridized carbons (Fsp3) is 1.00. The zero-order valence-electron chi connectivity index (χ0n) is 11.9. The van der Waals surface area contributed by atoms with E-state index in [9.17, 15) is 30.6 Å². The van der Waals surface area contributed by atoms with Gasteiger partial charge < -0.3 is 44.8 Å². The van der Waals surface area contributed by atoms with Gasteiger partial charge in [-0.2, -0.15) is 0 Å². The molecule has 0 aromatic carbocycles. The normalized spacial score (nSPS) is 51.1. The number of ether oxygens (including phenoxy) is 3. The van der Waals surface area contributed by atoms with Crippen molar-refractivity contribution in [2.75, 3.05) is 19.1 Å². The number of rotatable bonds is 5. The Labute approximate surface area is 141 Å². The molecule has 3 unspecified atom stereocenters. The van der Waals surface area contributed by atoms with E-state index < -0.39 is 67.3 Å². The molecule has 11 heteroatoms. The average molecular weight is 379 g/mol. The molecule has 0 saturated carbocycles. The minimum Gasteiger partial charge on any atom is -0.394 e. The van der Waals surface area contributed by atoms with E-state index in [4.69, 9.17) is 37.4 Å². The lowest BCUT2D eigenvalue weighted by atomic mass is 10.0. The van der Waals surface area contributed by atoms with Gasteiger partial charge in [0, 0.05) is 0 Å². The molecule has 0 aromatic heterocycles. The highest BCUT2D eigenvalue weighted by Gasteiger charge is 2.58. The van der Waals surface area contributed by atoms with Gasteiger partial charge in [0.2, 0.25) is 5.79 Å². The summed E-state index contributed by atoms with van der Waals surface area (Å²) >= 11 is 11.4. The Morgan fingerprint density at radius 2 is 1.65 bits per heavy atom. The molecular weight excluding hydrogens is 359 g/mol. The zero-order chi connectivity index (χ0) is 17.4. The minimum atomic E-state index is -2.11. The molecule has 9 atom stereocenters. The maximum Gasteiger partial charge on any atom is 0.224 e. The molecule has 2 saturated heterocycles. The molecule has 2 fully saturated rings.